The predicted molar refractivity (Wildman–Crippen MR) is 117 cm³/mol. The van der Waals surface area contributed by atoms with Crippen LogP contribution in [0.25, 0.3) is 0 Å². The fraction of sp³-hybridized carbons (Fsp3) is 0.652. The van der Waals surface area contributed by atoms with Gasteiger partial charge in [-0.05, 0) is 68.7 Å². The molecular weight excluding hydrogens is 386 g/mol. The zero-order valence-electron chi connectivity index (χ0n) is 17.4. The Hall–Kier alpha value is -1.59. The standard InChI is InChI=1S/C23H33N3O2.ClH/c1-23(11-13-24-14-12-23)16-25-21(27)20-15-18-9-5-6-10-19(18)26(20)22(28)17-7-3-2-4-8-17;/h2-4,7-8,18-20,24H,5-6,9-16H2,1H3,(H,25,27);1H. The second kappa shape index (κ2) is 9.48. The number of hydrogen-bond donors (Lipinski definition) is 2. The van der Waals surface area contributed by atoms with Crippen LogP contribution in [-0.4, -0.2) is 48.4 Å². The first-order chi connectivity index (χ1) is 13.6. The molecule has 0 radical (unpaired) electrons. The summed E-state index contributed by atoms with van der Waals surface area (Å²) >= 11 is 0. The number of piperidine rings is 1. The minimum atomic E-state index is -0.328. The number of likely N-dealkylation sites (tertiary alicyclic amines) is 1. The van der Waals surface area contributed by atoms with E-state index >= 15 is 0 Å². The molecule has 6 heteroatoms. The maximum absolute atomic E-state index is 13.3. The van der Waals surface area contributed by atoms with Gasteiger partial charge in [-0.25, -0.2) is 0 Å². The van der Waals surface area contributed by atoms with E-state index < -0.39 is 0 Å². The summed E-state index contributed by atoms with van der Waals surface area (Å²) in [5.41, 5.74) is 0.845. The van der Waals surface area contributed by atoms with Crippen molar-refractivity contribution in [1.29, 1.82) is 0 Å². The van der Waals surface area contributed by atoms with Crippen LogP contribution in [0.1, 0.15) is 62.2 Å². The average molecular weight is 420 g/mol. The highest BCUT2D eigenvalue weighted by molar-refractivity contribution is 5.98. The number of rotatable bonds is 4. The molecular formula is C23H34ClN3O2. The van der Waals surface area contributed by atoms with Crippen molar-refractivity contribution < 1.29 is 9.59 Å². The molecule has 3 unspecified atom stereocenters. The monoisotopic (exact) mass is 419 g/mol. The molecule has 1 aliphatic carbocycles. The quantitative estimate of drug-likeness (QED) is 0.786. The fourth-order valence-corrected chi connectivity index (χ4v) is 5.34. The maximum Gasteiger partial charge on any atom is 0.254 e. The number of carbonyl (C=O) groups excluding carboxylic acids is 2. The highest BCUT2D eigenvalue weighted by atomic mass is 35.5. The number of amides is 2. The Bertz CT molecular complexity index is 705. The van der Waals surface area contributed by atoms with Gasteiger partial charge in [0.2, 0.25) is 5.91 Å². The SMILES string of the molecule is CC1(CNC(=O)C2CC3CCCCC3N2C(=O)c2ccccc2)CCNCC1.Cl. The number of halogens is 1. The van der Waals surface area contributed by atoms with Crippen molar-refractivity contribution in [3.63, 3.8) is 0 Å². The van der Waals surface area contributed by atoms with Crippen LogP contribution in [0, 0.1) is 11.3 Å². The van der Waals surface area contributed by atoms with E-state index in [1.165, 1.54) is 6.42 Å². The van der Waals surface area contributed by atoms with Gasteiger partial charge >= 0.3 is 0 Å². The van der Waals surface area contributed by atoms with E-state index in [-0.39, 0.29) is 41.7 Å². The number of carbonyl (C=O) groups is 2. The van der Waals surface area contributed by atoms with Crippen molar-refractivity contribution in [3.05, 3.63) is 35.9 Å². The lowest BCUT2D eigenvalue weighted by molar-refractivity contribution is -0.125. The van der Waals surface area contributed by atoms with Crippen LogP contribution >= 0.6 is 12.4 Å². The van der Waals surface area contributed by atoms with Crippen molar-refractivity contribution in [2.24, 2.45) is 11.3 Å². The molecule has 0 aromatic heterocycles. The summed E-state index contributed by atoms with van der Waals surface area (Å²) < 4.78 is 0. The highest BCUT2D eigenvalue weighted by Crippen LogP contribution is 2.40. The molecule has 4 rings (SSSR count). The molecule has 5 nitrogen and oxygen atoms in total. The van der Waals surface area contributed by atoms with Crippen molar-refractivity contribution in [2.75, 3.05) is 19.6 Å². The van der Waals surface area contributed by atoms with Gasteiger partial charge in [0.25, 0.3) is 5.91 Å². The van der Waals surface area contributed by atoms with E-state index in [4.69, 9.17) is 0 Å². The average Bonchev–Trinajstić information content (AvgIpc) is 3.12. The summed E-state index contributed by atoms with van der Waals surface area (Å²) in [5.74, 6) is 0.522. The highest BCUT2D eigenvalue weighted by Gasteiger charge is 2.47. The second-order valence-corrected chi connectivity index (χ2v) is 9.22. The first-order valence-corrected chi connectivity index (χ1v) is 10.9. The molecule has 2 saturated heterocycles. The Labute approximate surface area is 180 Å². The Morgan fingerprint density at radius 3 is 2.55 bits per heavy atom. The van der Waals surface area contributed by atoms with Crippen molar-refractivity contribution >= 4 is 24.2 Å². The molecule has 29 heavy (non-hydrogen) atoms. The normalized spacial score (nSPS) is 28.2. The molecule has 1 aromatic carbocycles. The van der Waals surface area contributed by atoms with Crippen LogP contribution in [0.3, 0.4) is 0 Å². The van der Waals surface area contributed by atoms with Crippen LogP contribution in [0.5, 0.6) is 0 Å². The summed E-state index contributed by atoms with van der Waals surface area (Å²) in [7, 11) is 0. The fourth-order valence-electron chi connectivity index (χ4n) is 5.34. The van der Waals surface area contributed by atoms with Crippen LogP contribution in [-0.2, 0) is 4.79 Å². The minimum Gasteiger partial charge on any atom is -0.354 e. The molecule has 0 spiro atoms. The van der Waals surface area contributed by atoms with Crippen LogP contribution in [0.15, 0.2) is 30.3 Å². The second-order valence-electron chi connectivity index (χ2n) is 9.22. The van der Waals surface area contributed by atoms with E-state index in [1.807, 2.05) is 35.2 Å². The van der Waals surface area contributed by atoms with Gasteiger partial charge in [0, 0.05) is 18.2 Å². The van der Waals surface area contributed by atoms with Gasteiger partial charge in [-0.1, -0.05) is 38.0 Å². The summed E-state index contributed by atoms with van der Waals surface area (Å²) in [5, 5.41) is 6.61. The van der Waals surface area contributed by atoms with E-state index in [1.54, 1.807) is 0 Å². The first kappa shape index (κ1) is 22.1. The number of benzene rings is 1. The molecule has 2 N–H and O–H groups in total. The summed E-state index contributed by atoms with van der Waals surface area (Å²) in [4.78, 5) is 28.5. The summed E-state index contributed by atoms with van der Waals surface area (Å²) in [6.07, 6.45) is 7.50. The van der Waals surface area contributed by atoms with Gasteiger partial charge in [-0.15, -0.1) is 12.4 Å². The van der Waals surface area contributed by atoms with Gasteiger partial charge in [0.15, 0.2) is 0 Å². The van der Waals surface area contributed by atoms with Crippen molar-refractivity contribution in [1.82, 2.24) is 15.5 Å². The molecule has 160 valence electrons. The first-order valence-electron chi connectivity index (χ1n) is 10.9. The molecule has 3 aliphatic rings. The van der Waals surface area contributed by atoms with Crippen LogP contribution in [0.2, 0.25) is 0 Å². The molecule has 3 atom stereocenters. The topological polar surface area (TPSA) is 61.4 Å². The Morgan fingerprint density at radius 1 is 1.14 bits per heavy atom. The van der Waals surface area contributed by atoms with Crippen molar-refractivity contribution in [2.45, 2.75) is 64.0 Å². The molecule has 2 aliphatic heterocycles. The third-order valence-corrected chi connectivity index (χ3v) is 7.15. The Kier molecular flexibility index (Phi) is 7.23. The summed E-state index contributed by atoms with van der Waals surface area (Å²) in [6, 6.07) is 9.34. The van der Waals surface area contributed by atoms with Gasteiger partial charge < -0.3 is 15.5 Å². The van der Waals surface area contributed by atoms with Gasteiger partial charge in [-0.2, -0.15) is 0 Å². The minimum absolute atomic E-state index is 0. The van der Waals surface area contributed by atoms with E-state index in [0.29, 0.717) is 18.0 Å². The van der Waals surface area contributed by atoms with Crippen LogP contribution in [0.4, 0.5) is 0 Å². The maximum atomic E-state index is 13.3. The largest absolute Gasteiger partial charge is 0.354 e. The molecule has 2 amide bonds. The van der Waals surface area contributed by atoms with Crippen molar-refractivity contribution in [3.8, 4) is 0 Å². The van der Waals surface area contributed by atoms with E-state index in [9.17, 15) is 9.59 Å². The van der Waals surface area contributed by atoms with Gasteiger partial charge in [0.1, 0.15) is 6.04 Å². The Morgan fingerprint density at radius 2 is 1.83 bits per heavy atom. The molecule has 1 saturated carbocycles. The summed E-state index contributed by atoms with van der Waals surface area (Å²) in [6.45, 7) is 4.99. The smallest absolute Gasteiger partial charge is 0.254 e. The van der Waals surface area contributed by atoms with Crippen LogP contribution < -0.4 is 10.6 Å². The molecule has 3 fully saturated rings. The third-order valence-electron chi connectivity index (χ3n) is 7.15. The predicted octanol–water partition coefficient (Wildman–Crippen LogP) is 3.39. The number of nitrogens with one attached hydrogen (secondary N) is 2. The Balaban J connectivity index is 0.00000240. The van der Waals surface area contributed by atoms with E-state index in [0.717, 1.165) is 51.6 Å². The zero-order chi connectivity index (χ0) is 19.6. The number of hydrogen-bond acceptors (Lipinski definition) is 3. The molecule has 1 aromatic rings. The van der Waals surface area contributed by atoms with Gasteiger partial charge in [-0.3, -0.25) is 9.59 Å². The lowest BCUT2D eigenvalue weighted by Gasteiger charge is -2.36. The zero-order valence-corrected chi connectivity index (χ0v) is 18.2. The van der Waals surface area contributed by atoms with Gasteiger partial charge in [0.05, 0.1) is 0 Å². The third kappa shape index (κ3) is 4.77. The molecule has 0 bridgehead atoms. The van der Waals surface area contributed by atoms with E-state index in [2.05, 4.69) is 17.6 Å². The molecule has 2 heterocycles. The lowest BCUT2D eigenvalue weighted by atomic mass is 9.81. The number of fused-ring (bicyclic) bond motifs is 1. The lowest BCUT2D eigenvalue weighted by Crippen LogP contribution is -2.51. The number of nitrogens with zero attached hydrogens (tertiary/aromatic N) is 1.